The van der Waals surface area contributed by atoms with E-state index in [9.17, 15) is 13.2 Å². The molecule has 1 aromatic rings. The van der Waals surface area contributed by atoms with Crippen molar-refractivity contribution in [3.05, 3.63) is 5.28 Å². The molecular formula is C8H9ClF3N5. The molecule has 2 rings (SSSR count). The Hall–Kier alpha value is -1.31. The van der Waals surface area contributed by atoms with E-state index in [0.29, 0.717) is 12.8 Å². The van der Waals surface area contributed by atoms with Crippen molar-refractivity contribution in [3.63, 3.8) is 0 Å². The summed E-state index contributed by atoms with van der Waals surface area (Å²) in [7, 11) is 0. The Labute approximate surface area is 99.8 Å². The van der Waals surface area contributed by atoms with Gasteiger partial charge in [-0.15, -0.1) is 0 Å². The lowest BCUT2D eigenvalue weighted by Gasteiger charge is -2.23. The van der Waals surface area contributed by atoms with Crippen LogP contribution in [0, 0.1) is 0 Å². The minimum Gasteiger partial charge on any atom is -0.368 e. The smallest absolute Gasteiger partial charge is 0.368 e. The summed E-state index contributed by atoms with van der Waals surface area (Å²) in [5, 5.41) is -0.208. The van der Waals surface area contributed by atoms with E-state index in [-0.39, 0.29) is 23.2 Å². The third-order valence-corrected chi connectivity index (χ3v) is 2.38. The van der Waals surface area contributed by atoms with E-state index in [2.05, 4.69) is 15.0 Å². The van der Waals surface area contributed by atoms with Crippen LogP contribution in [0.15, 0.2) is 0 Å². The molecule has 5 nitrogen and oxygen atoms in total. The number of hydrogen-bond acceptors (Lipinski definition) is 5. The Bertz CT molecular complexity index is 400. The third-order valence-electron chi connectivity index (χ3n) is 2.21. The van der Waals surface area contributed by atoms with Gasteiger partial charge in [0, 0.05) is 6.04 Å². The molecule has 0 spiro atoms. The zero-order valence-corrected chi connectivity index (χ0v) is 9.33. The highest BCUT2D eigenvalue weighted by Gasteiger charge is 2.39. The van der Waals surface area contributed by atoms with Crippen LogP contribution in [-0.2, 0) is 0 Å². The van der Waals surface area contributed by atoms with Crippen molar-refractivity contribution in [1.29, 1.82) is 0 Å². The summed E-state index contributed by atoms with van der Waals surface area (Å²) in [6, 6.07) is -0.200. The van der Waals surface area contributed by atoms with Crippen LogP contribution in [0.2, 0.25) is 5.28 Å². The van der Waals surface area contributed by atoms with Crippen LogP contribution < -0.4 is 10.6 Å². The summed E-state index contributed by atoms with van der Waals surface area (Å²) in [5.41, 5.74) is 5.33. The first-order valence-corrected chi connectivity index (χ1v) is 5.23. The van der Waals surface area contributed by atoms with E-state index in [1.807, 2.05) is 0 Å². The molecule has 0 radical (unpaired) electrons. The monoisotopic (exact) mass is 267 g/mol. The number of halogens is 4. The van der Waals surface area contributed by atoms with Gasteiger partial charge >= 0.3 is 6.18 Å². The second kappa shape index (κ2) is 4.17. The average molecular weight is 268 g/mol. The molecule has 1 saturated carbocycles. The molecule has 1 aromatic heterocycles. The Morgan fingerprint density at radius 3 is 2.41 bits per heavy atom. The van der Waals surface area contributed by atoms with Crippen LogP contribution >= 0.6 is 11.6 Å². The van der Waals surface area contributed by atoms with Crippen molar-refractivity contribution in [2.75, 3.05) is 17.2 Å². The zero-order chi connectivity index (χ0) is 12.6. The lowest BCUT2D eigenvalue weighted by molar-refractivity contribution is -0.120. The number of aromatic nitrogens is 3. The van der Waals surface area contributed by atoms with Gasteiger partial charge in [0.15, 0.2) is 0 Å². The molecule has 1 aliphatic rings. The molecule has 0 bridgehead atoms. The molecule has 2 N–H and O–H groups in total. The van der Waals surface area contributed by atoms with Gasteiger partial charge in [-0.1, -0.05) is 0 Å². The molecule has 94 valence electrons. The summed E-state index contributed by atoms with van der Waals surface area (Å²) >= 11 is 5.54. The normalized spacial score (nSPS) is 16.0. The predicted molar refractivity (Wildman–Crippen MR) is 55.7 cm³/mol. The fraction of sp³-hybridized carbons (Fsp3) is 0.625. The van der Waals surface area contributed by atoms with E-state index < -0.39 is 12.7 Å². The molecule has 9 heteroatoms. The van der Waals surface area contributed by atoms with Gasteiger partial charge in [0.25, 0.3) is 0 Å². The Kier molecular flexibility index (Phi) is 2.98. The lowest BCUT2D eigenvalue weighted by atomic mass is 10.5. The van der Waals surface area contributed by atoms with Gasteiger partial charge in [0.05, 0.1) is 0 Å². The van der Waals surface area contributed by atoms with Crippen LogP contribution in [0.5, 0.6) is 0 Å². The van der Waals surface area contributed by atoms with Gasteiger partial charge in [-0.25, -0.2) is 0 Å². The van der Waals surface area contributed by atoms with E-state index in [1.54, 1.807) is 0 Å². The fourth-order valence-corrected chi connectivity index (χ4v) is 1.59. The van der Waals surface area contributed by atoms with Gasteiger partial charge in [-0.3, -0.25) is 0 Å². The van der Waals surface area contributed by atoms with E-state index >= 15 is 0 Å². The number of hydrogen-bond donors (Lipinski definition) is 1. The molecule has 0 aliphatic heterocycles. The maximum atomic E-state index is 12.4. The largest absolute Gasteiger partial charge is 0.406 e. The van der Waals surface area contributed by atoms with Crippen molar-refractivity contribution >= 4 is 23.5 Å². The zero-order valence-electron chi connectivity index (χ0n) is 8.58. The van der Waals surface area contributed by atoms with Crippen LogP contribution in [0.4, 0.5) is 25.1 Å². The van der Waals surface area contributed by atoms with E-state index in [4.69, 9.17) is 17.3 Å². The number of nitrogens with two attached hydrogens (primary N) is 1. The molecular weight excluding hydrogens is 259 g/mol. The molecule has 0 unspecified atom stereocenters. The fourth-order valence-electron chi connectivity index (χ4n) is 1.43. The number of anilines is 2. The Morgan fingerprint density at radius 1 is 1.29 bits per heavy atom. The quantitative estimate of drug-likeness (QED) is 0.902. The Morgan fingerprint density at radius 2 is 1.94 bits per heavy atom. The lowest BCUT2D eigenvalue weighted by Crippen LogP contribution is -2.37. The van der Waals surface area contributed by atoms with Gasteiger partial charge < -0.3 is 10.6 Å². The minimum atomic E-state index is -4.32. The number of rotatable bonds is 3. The van der Waals surface area contributed by atoms with Crippen molar-refractivity contribution < 1.29 is 13.2 Å². The summed E-state index contributed by atoms with van der Waals surface area (Å²) in [5.74, 6) is -0.310. The second-order valence-corrected chi connectivity index (χ2v) is 4.07. The minimum absolute atomic E-state index is 0.123. The first kappa shape index (κ1) is 12.2. The van der Waals surface area contributed by atoms with Crippen molar-refractivity contribution in [3.8, 4) is 0 Å². The average Bonchev–Trinajstić information content (AvgIpc) is 2.94. The van der Waals surface area contributed by atoms with Crippen LogP contribution in [0.1, 0.15) is 12.8 Å². The van der Waals surface area contributed by atoms with Crippen LogP contribution in [0.3, 0.4) is 0 Å². The van der Waals surface area contributed by atoms with Crippen molar-refractivity contribution in [2.24, 2.45) is 0 Å². The number of alkyl halides is 3. The summed E-state index contributed by atoms with van der Waals surface area (Å²) in [4.78, 5) is 11.9. The molecule has 1 fully saturated rings. The first-order chi connectivity index (χ1) is 7.85. The second-order valence-electron chi connectivity index (χ2n) is 3.74. The highest BCUT2D eigenvalue weighted by Crippen LogP contribution is 2.33. The van der Waals surface area contributed by atoms with E-state index in [0.717, 1.165) is 4.90 Å². The first-order valence-electron chi connectivity index (χ1n) is 4.85. The van der Waals surface area contributed by atoms with Crippen LogP contribution in [-0.4, -0.2) is 33.7 Å². The third kappa shape index (κ3) is 3.32. The van der Waals surface area contributed by atoms with Crippen molar-refractivity contribution in [2.45, 2.75) is 25.1 Å². The van der Waals surface area contributed by atoms with Gasteiger partial charge in [0.2, 0.25) is 17.2 Å². The SMILES string of the molecule is Nc1nc(Cl)nc(N(CC(F)(F)F)C2CC2)n1. The van der Waals surface area contributed by atoms with Crippen LogP contribution in [0.25, 0.3) is 0 Å². The highest BCUT2D eigenvalue weighted by molar-refractivity contribution is 6.28. The molecule has 0 saturated heterocycles. The number of nitrogen functional groups attached to an aromatic ring is 1. The van der Waals surface area contributed by atoms with E-state index in [1.165, 1.54) is 0 Å². The topological polar surface area (TPSA) is 67.9 Å². The van der Waals surface area contributed by atoms with Gasteiger partial charge in [-0.2, -0.15) is 28.1 Å². The standard InChI is InChI=1S/C8H9ClF3N5/c9-5-14-6(13)16-7(15-5)17(4-1-2-4)3-8(10,11)12/h4H,1-3H2,(H2,13,14,15,16). The summed E-state index contributed by atoms with van der Waals surface area (Å²) < 4.78 is 37.2. The molecule has 1 heterocycles. The summed E-state index contributed by atoms with van der Waals surface area (Å²) in [6.45, 7) is -1.11. The highest BCUT2D eigenvalue weighted by atomic mass is 35.5. The molecule has 0 amide bonds. The number of nitrogens with zero attached hydrogens (tertiary/aromatic N) is 4. The maximum Gasteiger partial charge on any atom is 0.406 e. The molecule has 0 aromatic carbocycles. The molecule has 0 atom stereocenters. The van der Waals surface area contributed by atoms with Crippen molar-refractivity contribution in [1.82, 2.24) is 15.0 Å². The maximum absolute atomic E-state index is 12.4. The molecule has 17 heavy (non-hydrogen) atoms. The Balaban J connectivity index is 2.26. The predicted octanol–water partition coefficient (Wildman–Crippen LogP) is 1.64. The van der Waals surface area contributed by atoms with Gasteiger partial charge in [0.1, 0.15) is 6.54 Å². The molecule has 1 aliphatic carbocycles. The van der Waals surface area contributed by atoms with Gasteiger partial charge in [-0.05, 0) is 24.4 Å². The summed E-state index contributed by atoms with van der Waals surface area (Å²) in [6.07, 6.45) is -2.96.